The smallest absolute Gasteiger partial charge is 0.341 e. The van der Waals surface area contributed by atoms with E-state index >= 15 is 0 Å². The molecule has 1 aliphatic heterocycles. The van der Waals surface area contributed by atoms with E-state index < -0.39 is 5.97 Å². The number of hydrogen-bond acceptors (Lipinski definition) is 6. The van der Waals surface area contributed by atoms with Crippen molar-refractivity contribution < 1.29 is 23.8 Å². The molecule has 0 saturated carbocycles. The van der Waals surface area contributed by atoms with Crippen LogP contribution in [0.4, 0.5) is 5.00 Å². The van der Waals surface area contributed by atoms with Crippen LogP contribution < -0.4 is 14.8 Å². The fraction of sp³-hybridized carbons (Fsp3) is 0.368. The molecule has 1 amide bonds. The molecule has 1 aliphatic rings. The van der Waals surface area contributed by atoms with Gasteiger partial charge in [0.2, 0.25) is 5.91 Å². The molecule has 27 heavy (non-hydrogen) atoms. The van der Waals surface area contributed by atoms with E-state index in [-0.39, 0.29) is 12.5 Å². The van der Waals surface area contributed by atoms with Gasteiger partial charge in [-0.3, -0.25) is 4.79 Å². The Morgan fingerprint density at radius 1 is 1.26 bits per heavy atom. The zero-order valence-corrected chi connectivity index (χ0v) is 16.9. The standard InChI is InChI=1S/C19H20ClNO5S/c1-10-11(2)27-18(21-12(3)22)16(10)19(23)26-9-13-7-14(20)17-15(8-13)24-5-4-6-25-17/h7-8H,4-6,9H2,1-3H3,(H,21,22). The number of fused-ring (bicyclic) bond motifs is 1. The maximum absolute atomic E-state index is 12.6. The number of benzene rings is 1. The number of esters is 1. The quantitative estimate of drug-likeness (QED) is 0.753. The number of rotatable bonds is 4. The second-order valence-corrected chi connectivity index (χ2v) is 7.83. The molecule has 0 radical (unpaired) electrons. The number of hydrogen-bond donors (Lipinski definition) is 1. The van der Waals surface area contributed by atoms with Crippen LogP contribution >= 0.6 is 22.9 Å². The number of anilines is 1. The van der Waals surface area contributed by atoms with Gasteiger partial charge in [0, 0.05) is 18.2 Å². The number of thiophene rings is 1. The first kappa shape index (κ1) is 19.5. The van der Waals surface area contributed by atoms with Crippen LogP contribution in [0, 0.1) is 13.8 Å². The van der Waals surface area contributed by atoms with Crippen molar-refractivity contribution in [2.75, 3.05) is 18.5 Å². The van der Waals surface area contributed by atoms with Gasteiger partial charge in [0.15, 0.2) is 11.5 Å². The molecule has 1 aromatic heterocycles. The Balaban J connectivity index is 1.78. The summed E-state index contributed by atoms with van der Waals surface area (Å²) in [6.07, 6.45) is 0.776. The van der Waals surface area contributed by atoms with Gasteiger partial charge in [0.05, 0.1) is 23.8 Å². The van der Waals surface area contributed by atoms with Crippen molar-refractivity contribution in [1.82, 2.24) is 0 Å². The topological polar surface area (TPSA) is 73.9 Å². The lowest BCUT2D eigenvalue weighted by Gasteiger charge is -2.12. The predicted octanol–water partition coefficient (Wildman–Crippen LogP) is 4.50. The van der Waals surface area contributed by atoms with Gasteiger partial charge in [0.1, 0.15) is 11.6 Å². The average molecular weight is 410 g/mol. The third kappa shape index (κ3) is 4.36. The Kier molecular flexibility index (Phi) is 5.92. The molecule has 2 heterocycles. The molecule has 0 atom stereocenters. The second-order valence-electron chi connectivity index (χ2n) is 6.20. The van der Waals surface area contributed by atoms with Crippen LogP contribution in [0.5, 0.6) is 11.5 Å². The predicted molar refractivity (Wildman–Crippen MR) is 104 cm³/mol. The summed E-state index contributed by atoms with van der Waals surface area (Å²) in [4.78, 5) is 25.0. The van der Waals surface area contributed by atoms with Gasteiger partial charge in [-0.1, -0.05) is 11.6 Å². The minimum Gasteiger partial charge on any atom is -0.489 e. The van der Waals surface area contributed by atoms with Crippen LogP contribution in [0.3, 0.4) is 0 Å². The largest absolute Gasteiger partial charge is 0.489 e. The molecule has 1 aromatic carbocycles. The fourth-order valence-corrected chi connectivity index (χ4v) is 4.09. The van der Waals surface area contributed by atoms with E-state index in [1.165, 1.54) is 18.3 Å². The summed E-state index contributed by atoms with van der Waals surface area (Å²) in [6.45, 7) is 6.25. The number of ether oxygens (including phenoxy) is 3. The van der Waals surface area contributed by atoms with E-state index in [4.69, 9.17) is 25.8 Å². The zero-order chi connectivity index (χ0) is 19.6. The highest BCUT2D eigenvalue weighted by Crippen LogP contribution is 2.38. The normalized spacial score (nSPS) is 13.0. The van der Waals surface area contributed by atoms with Crippen LogP contribution in [0.1, 0.15) is 39.7 Å². The molecule has 0 fully saturated rings. The lowest BCUT2D eigenvalue weighted by molar-refractivity contribution is -0.114. The van der Waals surface area contributed by atoms with Gasteiger partial charge in [0.25, 0.3) is 0 Å². The summed E-state index contributed by atoms with van der Waals surface area (Å²) in [5, 5.41) is 3.61. The highest BCUT2D eigenvalue weighted by atomic mass is 35.5. The molecule has 0 aliphatic carbocycles. The monoisotopic (exact) mass is 409 g/mol. The third-order valence-electron chi connectivity index (χ3n) is 4.11. The van der Waals surface area contributed by atoms with E-state index in [1.807, 2.05) is 13.8 Å². The summed E-state index contributed by atoms with van der Waals surface area (Å²) in [6, 6.07) is 3.46. The first-order valence-corrected chi connectivity index (χ1v) is 9.69. The summed E-state index contributed by atoms with van der Waals surface area (Å²) in [7, 11) is 0. The Morgan fingerprint density at radius 3 is 2.74 bits per heavy atom. The van der Waals surface area contributed by atoms with Crippen LogP contribution in [0.2, 0.25) is 5.02 Å². The van der Waals surface area contributed by atoms with E-state index in [1.54, 1.807) is 12.1 Å². The molecular formula is C19H20ClNO5S. The van der Waals surface area contributed by atoms with Crippen molar-refractivity contribution in [2.45, 2.75) is 33.8 Å². The molecule has 6 nitrogen and oxygen atoms in total. The van der Waals surface area contributed by atoms with Crippen molar-refractivity contribution in [1.29, 1.82) is 0 Å². The number of amides is 1. The number of halogens is 1. The Hall–Kier alpha value is -2.25. The average Bonchev–Trinajstić information content (AvgIpc) is 2.77. The molecule has 0 unspecified atom stereocenters. The molecule has 2 aromatic rings. The number of nitrogens with one attached hydrogen (secondary N) is 1. The van der Waals surface area contributed by atoms with Crippen molar-refractivity contribution in [3.63, 3.8) is 0 Å². The van der Waals surface area contributed by atoms with E-state index in [9.17, 15) is 9.59 Å². The van der Waals surface area contributed by atoms with Gasteiger partial charge in [-0.25, -0.2) is 4.79 Å². The van der Waals surface area contributed by atoms with Gasteiger partial charge >= 0.3 is 5.97 Å². The molecule has 8 heteroatoms. The fourth-order valence-electron chi connectivity index (χ4n) is 2.71. The summed E-state index contributed by atoms with van der Waals surface area (Å²) < 4.78 is 16.7. The molecule has 1 N–H and O–H groups in total. The lowest BCUT2D eigenvalue weighted by Crippen LogP contribution is -2.12. The summed E-state index contributed by atoms with van der Waals surface area (Å²) >= 11 is 7.62. The minimum atomic E-state index is -0.496. The van der Waals surface area contributed by atoms with E-state index in [0.717, 1.165) is 16.9 Å². The Bertz CT molecular complexity index is 893. The van der Waals surface area contributed by atoms with Crippen molar-refractivity contribution in [3.8, 4) is 11.5 Å². The first-order valence-electron chi connectivity index (χ1n) is 8.49. The zero-order valence-electron chi connectivity index (χ0n) is 15.3. The number of aryl methyl sites for hydroxylation is 1. The minimum absolute atomic E-state index is 0.0308. The maximum Gasteiger partial charge on any atom is 0.341 e. The molecule has 0 spiro atoms. The maximum atomic E-state index is 12.6. The Morgan fingerprint density at radius 2 is 2.00 bits per heavy atom. The number of carbonyl (C=O) groups excluding carboxylic acids is 2. The van der Waals surface area contributed by atoms with Crippen LogP contribution in [0.15, 0.2) is 12.1 Å². The van der Waals surface area contributed by atoms with Gasteiger partial charge < -0.3 is 19.5 Å². The van der Waals surface area contributed by atoms with E-state index in [0.29, 0.717) is 45.9 Å². The van der Waals surface area contributed by atoms with Crippen molar-refractivity contribution in [2.24, 2.45) is 0 Å². The van der Waals surface area contributed by atoms with Crippen LogP contribution in [-0.2, 0) is 16.1 Å². The van der Waals surface area contributed by atoms with E-state index in [2.05, 4.69) is 5.32 Å². The molecular weight excluding hydrogens is 390 g/mol. The van der Waals surface area contributed by atoms with Gasteiger partial charge in [-0.2, -0.15) is 0 Å². The summed E-state index contributed by atoms with van der Waals surface area (Å²) in [5.74, 6) is 0.331. The molecule has 3 rings (SSSR count). The highest BCUT2D eigenvalue weighted by Gasteiger charge is 2.22. The van der Waals surface area contributed by atoms with Crippen LogP contribution in [0.25, 0.3) is 0 Å². The SMILES string of the molecule is CC(=O)Nc1sc(C)c(C)c1C(=O)OCc1cc(Cl)c2c(c1)OCCCO2. The van der Waals surface area contributed by atoms with Crippen LogP contribution in [-0.4, -0.2) is 25.1 Å². The third-order valence-corrected chi connectivity index (χ3v) is 5.51. The van der Waals surface area contributed by atoms with Crippen molar-refractivity contribution >= 4 is 39.8 Å². The highest BCUT2D eigenvalue weighted by molar-refractivity contribution is 7.16. The number of carbonyl (C=O) groups is 2. The molecule has 144 valence electrons. The molecule has 0 bridgehead atoms. The van der Waals surface area contributed by atoms with Gasteiger partial charge in [-0.05, 0) is 37.1 Å². The first-order chi connectivity index (χ1) is 12.9. The Labute approximate surface area is 166 Å². The second kappa shape index (κ2) is 8.19. The molecule has 0 saturated heterocycles. The van der Waals surface area contributed by atoms with Gasteiger partial charge in [-0.15, -0.1) is 11.3 Å². The van der Waals surface area contributed by atoms with Crippen molar-refractivity contribution in [3.05, 3.63) is 38.7 Å². The lowest BCUT2D eigenvalue weighted by atomic mass is 10.1. The summed E-state index contributed by atoms with van der Waals surface area (Å²) in [5.41, 5.74) is 1.88.